The number of alkyl halides is 3. The van der Waals surface area contributed by atoms with Crippen LogP contribution < -0.4 is 0 Å². The van der Waals surface area contributed by atoms with E-state index in [2.05, 4.69) is 0 Å². The van der Waals surface area contributed by atoms with Crippen molar-refractivity contribution in [3.05, 3.63) is 41.2 Å². The van der Waals surface area contributed by atoms with Crippen molar-refractivity contribution >= 4 is 17.8 Å². The van der Waals surface area contributed by atoms with Crippen LogP contribution in [0.1, 0.15) is 56.1 Å². The second-order valence-electron chi connectivity index (χ2n) is 7.36. The monoisotopic (exact) mass is 416 g/mol. The number of hydrogen-bond acceptors (Lipinski definition) is 3. The minimum atomic E-state index is -4.81. The van der Waals surface area contributed by atoms with E-state index in [1.807, 2.05) is 0 Å². The van der Waals surface area contributed by atoms with Crippen LogP contribution in [0.25, 0.3) is 6.08 Å². The van der Waals surface area contributed by atoms with Crippen LogP contribution in [0, 0.1) is 17.7 Å². The summed E-state index contributed by atoms with van der Waals surface area (Å²) >= 11 is 0. The van der Waals surface area contributed by atoms with E-state index in [1.165, 1.54) is 18.2 Å². The van der Waals surface area contributed by atoms with E-state index in [0.717, 1.165) is 18.9 Å². The van der Waals surface area contributed by atoms with Gasteiger partial charge in [-0.15, -0.1) is 0 Å². The Morgan fingerprint density at radius 1 is 1.17 bits per heavy atom. The molecule has 4 nitrogen and oxygen atoms in total. The number of hydrogen-bond donors (Lipinski definition) is 2. The molecule has 2 rings (SSSR count). The number of aliphatic hydroxyl groups is 1. The Hall–Kier alpha value is -2.22. The van der Waals surface area contributed by atoms with Crippen molar-refractivity contribution in [1.29, 1.82) is 0 Å². The standard InChI is InChI=1S/C21H24F4O4/c22-17-10-8-13(11-16(17)21(23,24)25)7-9-15-14(18(26)12-19(15)27)5-3-1-2-4-6-20(28)29/h7-11,14-15,19,27H,1-6,12H2,(H,28,29). The predicted molar refractivity (Wildman–Crippen MR) is 98.4 cm³/mol. The lowest BCUT2D eigenvalue weighted by atomic mass is 9.88. The second kappa shape index (κ2) is 10.0. The van der Waals surface area contributed by atoms with Gasteiger partial charge in [-0.25, -0.2) is 4.39 Å². The molecule has 3 atom stereocenters. The second-order valence-corrected chi connectivity index (χ2v) is 7.36. The van der Waals surface area contributed by atoms with Gasteiger partial charge in [0.05, 0.1) is 11.7 Å². The Kier molecular flexibility index (Phi) is 7.96. The van der Waals surface area contributed by atoms with Gasteiger partial charge >= 0.3 is 12.1 Å². The molecule has 0 aromatic heterocycles. The maximum absolute atomic E-state index is 13.4. The van der Waals surface area contributed by atoms with Crippen molar-refractivity contribution in [3.8, 4) is 0 Å². The first-order chi connectivity index (χ1) is 13.6. The molecule has 1 aromatic rings. The summed E-state index contributed by atoms with van der Waals surface area (Å²) in [6, 6.07) is 2.65. The number of ketones is 1. The third kappa shape index (κ3) is 6.66. The molecular weight excluding hydrogens is 392 g/mol. The zero-order chi connectivity index (χ0) is 21.6. The molecule has 0 amide bonds. The SMILES string of the molecule is O=C(O)CCCCCCC1C(=O)CC(O)C1C=Cc1ccc(F)c(C(F)(F)F)c1. The predicted octanol–water partition coefficient (Wildman–Crippen LogP) is 4.85. The highest BCUT2D eigenvalue weighted by atomic mass is 19.4. The van der Waals surface area contributed by atoms with E-state index in [9.17, 15) is 32.3 Å². The van der Waals surface area contributed by atoms with E-state index < -0.39 is 41.5 Å². The fraction of sp³-hybridized carbons (Fsp3) is 0.524. The van der Waals surface area contributed by atoms with Crippen molar-refractivity contribution in [2.24, 2.45) is 11.8 Å². The Bertz CT molecular complexity index is 758. The van der Waals surface area contributed by atoms with Gasteiger partial charge in [0.2, 0.25) is 0 Å². The van der Waals surface area contributed by atoms with E-state index in [0.29, 0.717) is 25.3 Å². The third-order valence-electron chi connectivity index (χ3n) is 5.20. The highest BCUT2D eigenvalue weighted by Gasteiger charge is 2.39. The molecule has 8 heteroatoms. The van der Waals surface area contributed by atoms with Gasteiger partial charge in [-0.1, -0.05) is 37.5 Å². The molecule has 0 aliphatic heterocycles. The first kappa shape index (κ1) is 23.1. The van der Waals surface area contributed by atoms with Gasteiger partial charge in [0.25, 0.3) is 0 Å². The maximum atomic E-state index is 13.4. The first-order valence-electron chi connectivity index (χ1n) is 9.57. The largest absolute Gasteiger partial charge is 0.481 e. The molecule has 0 saturated heterocycles. The molecule has 1 aromatic carbocycles. The molecule has 160 valence electrons. The summed E-state index contributed by atoms with van der Waals surface area (Å²) in [7, 11) is 0. The van der Waals surface area contributed by atoms with Crippen LogP contribution in [0.4, 0.5) is 17.6 Å². The number of carboxylic acid groups (broad SMARTS) is 1. The molecule has 3 unspecified atom stereocenters. The van der Waals surface area contributed by atoms with E-state index in [-0.39, 0.29) is 24.2 Å². The molecule has 1 aliphatic rings. The number of aliphatic hydroxyl groups excluding tert-OH is 1. The van der Waals surface area contributed by atoms with Gasteiger partial charge < -0.3 is 10.2 Å². The van der Waals surface area contributed by atoms with Gasteiger partial charge in [0, 0.05) is 24.7 Å². The maximum Gasteiger partial charge on any atom is 0.419 e. The Balaban J connectivity index is 2.00. The average molecular weight is 416 g/mol. The van der Waals surface area contributed by atoms with Crippen molar-refractivity contribution in [2.75, 3.05) is 0 Å². The quantitative estimate of drug-likeness (QED) is 0.446. The molecule has 0 spiro atoms. The topological polar surface area (TPSA) is 74.6 Å². The fourth-order valence-corrected chi connectivity index (χ4v) is 3.67. The normalized spacial score (nSPS) is 22.5. The minimum absolute atomic E-state index is 0.00406. The van der Waals surface area contributed by atoms with Gasteiger partial charge in [-0.3, -0.25) is 9.59 Å². The number of unbranched alkanes of at least 4 members (excludes halogenated alkanes) is 3. The Morgan fingerprint density at radius 3 is 2.52 bits per heavy atom. The fourth-order valence-electron chi connectivity index (χ4n) is 3.67. The summed E-state index contributed by atoms with van der Waals surface area (Å²) in [6.07, 6.45) is 0.559. The van der Waals surface area contributed by atoms with Crippen LogP contribution in [0.3, 0.4) is 0 Å². The Morgan fingerprint density at radius 2 is 1.86 bits per heavy atom. The zero-order valence-electron chi connectivity index (χ0n) is 15.8. The molecular formula is C21H24F4O4. The van der Waals surface area contributed by atoms with Crippen LogP contribution in [0.15, 0.2) is 24.3 Å². The molecule has 1 fully saturated rings. The van der Waals surface area contributed by atoms with Crippen molar-refractivity contribution in [1.82, 2.24) is 0 Å². The number of carbonyl (C=O) groups excluding carboxylic acids is 1. The molecule has 1 aliphatic carbocycles. The number of carboxylic acids is 1. The zero-order valence-corrected chi connectivity index (χ0v) is 15.8. The summed E-state index contributed by atoms with van der Waals surface area (Å²) in [5.74, 6) is -3.23. The van der Waals surface area contributed by atoms with E-state index in [1.54, 1.807) is 0 Å². The molecule has 0 bridgehead atoms. The first-order valence-corrected chi connectivity index (χ1v) is 9.57. The minimum Gasteiger partial charge on any atom is -0.481 e. The average Bonchev–Trinajstić information content (AvgIpc) is 2.89. The van der Waals surface area contributed by atoms with Gasteiger partial charge in [-0.05, 0) is 30.5 Å². The van der Waals surface area contributed by atoms with Gasteiger partial charge in [0.15, 0.2) is 0 Å². The van der Waals surface area contributed by atoms with Crippen molar-refractivity contribution in [3.63, 3.8) is 0 Å². The molecule has 0 heterocycles. The van der Waals surface area contributed by atoms with E-state index in [4.69, 9.17) is 5.11 Å². The van der Waals surface area contributed by atoms with Crippen LogP contribution in [0.2, 0.25) is 0 Å². The third-order valence-corrected chi connectivity index (χ3v) is 5.20. The van der Waals surface area contributed by atoms with Gasteiger partial charge in [0.1, 0.15) is 11.6 Å². The number of rotatable bonds is 9. The summed E-state index contributed by atoms with van der Waals surface area (Å²) in [6.45, 7) is 0. The lowest BCUT2D eigenvalue weighted by Gasteiger charge is -2.17. The molecule has 29 heavy (non-hydrogen) atoms. The lowest BCUT2D eigenvalue weighted by Crippen LogP contribution is -2.18. The molecule has 0 radical (unpaired) electrons. The highest BCUT2D eigenvalue weighted by Crippen LogP contribution is 2.36. The lowest BCUT2D eigenvalue weighted by molar-refractivity contribution is -0.140. The smallest absolute Gasteiger partial charge is 0.419 e. The molecule has 1 saturated carbocycles. The highest BCUT2D eigenvalue weighted by molar-refractivity contribution is 5.84. The molecule has 2 N–H and O–H groups in total. The number of aliphatic carboxylic acids is 1. The van der Waals surface area contributed by atoms with E-state index >= 15 is 0 Å². The summed E-state index contributed by atoms with van der Waals surface area (Å²) in [5.41, 5.74) is -1.22. The van der Waals surface area contributed by atoms with Crippen molar-refractivity contribution < 1.29 is 37.4 Å². The number of benzene rings is 1. The van der Waals surface area contributed by atoms with Crippen LogP contribution in [-0.4, -0.2) is 28.1 Å². The van der Waals surface area contributed by atoms with Crippen LogP contribution >= 0.6 is 0 Å². The number of carbonyl (C=O) groups is 2. The summed E-state index contributed by atoms with van der Waals surface area (Å²) < 4.78 is 51.9. The van der Waals surface area contributed by atoms with Crippen molar-refractivity contribution in [2.45, 2.75) is 57.2 Å². The Labute approximate surface area is 166 Å². The van der Waals surface area contributed by atoms with Crippen LogP contribution in [-0.2, 0) is 15.8 Å². The number of halogens is 4. The van der Waals surface area contributed by atoms with Gasteiger partial charge in [-0.2, -0.15) is 13.2 Å². The summed E-state index contributed by atoms with van der Waals surface area (Å²) in [5, 5.41) is 18.8. The number of Topliss-reactive ketones (excluding diaryl/α,β-unsaturated/α-hetero) is 1. The van der Waals surface area contributed by atoms with Crippen LogP contribution in [0.5, 0.6) is 0 Å². The summed E-state index contributed by atoms with van der Waals surface area (Å²) in [4.78, 5) is 22.7.